The van der Waals surface area contributed by atoms with E-state index in [2.05, 4.69) is 9.97 Å². The summed E-state index contributed by atoms with van der Waals surface area (Å²) in [5.74, 6) is 1.58. The Kier molecular flexibility index (Phi) is 6.34. The van der Waals surface area contributed by atoms with Crippen LogP contribution < -0.4 is 9.64 Å². The van der Waals surface area contributed by atoms with E-state index in [1.165, 1.54) is 6.20 Å². The molecule has 1 aliphatic carbocycles. The summed E-state index contributed by atoms with van der Waals surface area (Å²) >= 11 is 0. The van der Waals surface area contributed by atoms with Crippen molar-refractivity contribution in [2.24, 2.45) is 4.99 Å². The summed E-state index contributed by atoms with van der Waals surface area (Å²) in [5, 5.41) is 9.92. The molecule has 0 amide bonds. The second kappa shape index (κ2) is 9.03. The number of ether oxygens (including phenoxy) is 2. The second-order valence-electron chi connectivity index (χ2n) is 8.05. The van der Waals surface area contributed by atoms with Gasteiger partial charge in [0.1, 0.15) is 11.7 Å². The van der Waals surface area contributed by atoms with Crippen LogP contribution in [0.1, 0.15) is 38.2 Å². The van der Waals surface area contributed by atoms with Gasteiger partial charge in [-0.15, -0.1) is 0 Å². The highest BCUT2D eigenvalue weighted by molar-refractivity contribution is 7.90. The van der Waals surface area contributed by atoms with Crippen molar-refractivity contribution in [2.45, 2.75) is 56.0 Å². The van der Waals surface area contributed by atoms with Gasteiger partial charge in [-0.2, -0.15) is 0 Å². The summed E-state index contributed by atoms with van der Waals surface area (Å²) < 4.78 is 35.3. The molecule has 32 heavy (non-hydrogen) atoms. The smallest absolute Gasteiger partial charge is 0.248 e. The predicted molar refractivity (Wildman–Crippen MR) is 120 cm³/mol. The number of rotatable bonds is 6. The van der Waals surface area contributed by atoms with Crippen LogP contribution >= 0.6 is 0 Å². The van der Waals surface area contributed by atoms with Gasteiger partial charge in [-0.25, -0.2) is 18.4 Å². The highest BCUT2D eigenvalue weighted by Gasteiger charge is 2.40. The van der Waals surface area contributed by atoms with E-state index >= 15 is 0 Å². The lowest BCUT2D eigenvalue weighted by Crippen LogP contribution is -2.40. The molecule has 9 nitrogen and oxygen atoms in total. The van der Waals surface area contributed by atoms with Crippen molar-refractivity contribution in [1.29, 1.82) is 0 Å². The lowest BCUT2D eigenvalue weighted by atomic mass is 10.0. The lowest BCUT2D eigenvalue weighted by Gasteiger charge is -2.29. The molecule has 10 heteroatoms. The number of sulfone groups is 1. The van der Waals surface area contributed by atoms with Gasteiger partial charge in [-0.05, 0) is 56.9 Å². The number of anilines is 1. The van der Waals surface area contributed by atoms with Crippen molar-refractivity contribution in [3.05, 3.63) is 36.0 Å². The topological polar surface area (TPSA) is 114 Å². The molecular formula is C22H28N4O5S. The van der Waals surface area contributed by atoms with Crippen LogP contribution in [-0.4, -0.2) is 67.5 Å². The molecule has 1 fully saturated rings. The first-order valence-corrected chi connectivity index (χ1v) is 12.6. The van der Waals surface area contributed by atoms with Gasteiger partial charge in [0.25, 0.3) is 0 Å². The molecular weight excluding hydrogens is 432 g/mol. The Bertz CT molecular complexity index is 1120. The molecule has 1 saturated carbocycles. The summed E-state index contributed by atoms with van der Waals surface area (Å²) in [6.45, 7) is 2.27. The number of fused-ring (bicyclic) bond motifs is 1. The molecule has 3 unspecified atom stereocenters. The standard InChI is InChI=1S/C22H28N4O5S/c1-4-31-19-13-14(5-10-18(19)27)21-24-16-8-6-15(30-2)7-9-17(16)26(21)20-11-12-23-22(25-20)32(3,28)29/h5,10-13,15-17,27H,4,6-9H2,1-3H3. The minimum Gasteiger partial charge on any atom is -0.504 e. The van der Waals surface area contributed by atoms with Gasteiger partial charge in [0.15, 0.2) is 11.5 Å². The van der Waals surface area contributed by atoms with Crippen LogP contribution in [0.25, 0.3) is 0 Å². The van der Waals surface area contributed by atoms with E-state index in [4.69, 9.17) is 14.5 Å². The van der Waals surface area contributed by atoms with E-state index in [1.54, 1.807) is 31.4 Å². The number of phenolic OH excluding ortho intramolecular Hbond substituents is 1. The average Bonchev–Trinajstić information content (AvgIpc) is 3.01. The van der Waals surface area contributed by atoms with E-state index < -0.39 is 9.84 Å². The highest BCUT2D eigenvalue weighted by atomic mass is 32.2. The Labute approximate surface area is 188 Å². The van der Waals surface area contributed by atoms with Crippen LogP contribution in [-0.2, 0) is 14.6 Å². The summed E-state index contributed by atoms with van der Waals surface area (Å²) in [4.78, 5) is 15.3. The number of aromatic hydroxyl groups is 1. The summed E-state index contributed by atoms with van der Waals surface area (Å²) in [5.41, 5.74) is 0.766. The lowest BCUT2D eigenvalue weighted by molar-refractivity contribution is 0.0894. The molecule has 4 rings (SSSR count). The van der Waals surface area contributed by atoms with Crippen molar-refractivity contribution in [1.82, 2.24) is 9.97 Å². The number of amidine groups is 1. The van der Waals surface area contributed by atoms with Gasteiger partial charge in [0.05, 0.1) is 24.8 Å². The molecule has 1 N–H and O–H groups in total. The molecule has 0 bridgehead atoms. The first-order chi connectivity index (χ1) is 15.3. The molecule has 2 aliphatic rings. The molecule has 2 heterocycles. The SMILES string of the molecule is CCOc1cc(C2=NC3CCC(OC)CCC3N2c2ccnc(S(C)(=O)=O)n2)ccc1O. The zero-order chi connectivity index (χ0) is 22.9. The zero-order valence-corrected chi connectivity index (χ0v) is 19.2. The van der Waals surface area contributed by atoms with E-state index in [1.807, 2.05) is 11.8 Å². The normalized spacial score (nSPS) is 23.4. The minimum atomic E-state index is -3.57. The van der Waals surface area contributed by atoms with Crippen LogP contribution in [0.2, 0.25) is 0 Å². The monoisotopic (exact) mass is 460 g/mol. The van der Waals surface area contributed by atoms with E-state index in [9.17, 15) is 13.5 Å². The quantitative estimate of drug-likeness (QED) is 0.654. The maximum Gasteiger partial charge on any atom is 0.248 e. The highest BCUT2D eigenvalue weighted by Crippen LogP contribution is 2.37. The van der Waals surface area contributed by atoms with Crippen LogP contribution in [0.3, 0.4) is 0 Å². The maximum atomic E-state index is 12.1. The van der Waals surface area contributed by atoms with Crippen molar-refractivity contribution >= 4 is 21.5 Å². The molecule has 2 aromatic rings. The number of benzene rings is 1. The second-order valence-corrected chi connectivity index (χ2v) is 9.96. The van der Waals surface area contributed by atoms with E-state index in [0.717, 1.165) is 37.5 Å². The molecule has 1 aromatic heterocycles. The summed E-state index contributed by atoms with van der Waals surface area (Å²) in [6, 6.07) is 6.86. The summed E-state index contributed by atoms with van der Waals surface area (Å²) in [7, 11) is -1.84. The van der Waals surface area contributed by atoms with Crippen LogP contribution in [0.5, 0.6) is 11.5 Å². The largest absolute Gasteiger partial charge is 0.504 e. The van der Waals surface area contributed by atoms with Gasteiger partial charge in [-0.1, -0.05) is 0 Å². The zero-order valence-electron chi connectivity index (χ0n) is 18.4. The molecule has 0 radical (unpaired) electrons. The number of phenols is 1. The van der Waals surface area contributed by atoms with E-state index in [-0.39, 0.29) is 29.1 Å². The Balaban J connectivity index is 1.80. The number of hydrogen-bond acceptors (Lipinski definition) is 9. The van der Waals surface area contributed by atoms with Crippen molar-refractivity contribution in [2.75, 3.05) is 24.9 Å². The number of aliphatic imine (C=N–C) groups is 1. The first kappa shape index (κ1) is 22.5. The van der Waals surface area contributed by atoms with Gasteiger partial charge in [-0.3, -0.25) is 4.99 Å². The summed E-state index contributed by atoms with van der Waals surface area (Å²) in [6.07, 6.45) is 6.18. The van der Waals surface area contributed by atoms with Gasteiger partial charge < -0.3 is 19.5 Å². The maximum absolute atomic E-state index is 12.1. The third-order valence-electron chi connectivity index (χ3n) is 5.91. The number of methoxy groups -OCH3 is 1. The molecule has 0 spiro atoms. The predicted octanol–water partition coefficient (Wildman–Crippen LogP) is 2.58. The van der Waals surface area contributed by atoms with Crippen LogP contribution in [0.15, 0.2) is 40.6 Å². The third-order valence-corrected chi connectivity index (χ3v) is 6.77. The van der Waals surface area contributed by atoms with E-state index in [0.29, 0.717) is 24.0 Å². The molecule has 1 aromatic carbocycles. The van der Waals surface area contributed by atoms with Crippen molar-refractivity contribution in [3.8, 4) is 11.5 Å². The van der Waals surface area contributed by atoms with Crippen LogP contribution in [0, 0.1) is 0 Å². The Morgan fingerprint density at radius 2 is 1.97 bits per heavy atom. The molecule has 0 saturated heterocycles. The van der Waals surface area contributed by atoms with Crippen molar-refractivity contribution in [3.63, 3.8) is 0 Å². The number of aromatic nitrogens is 2. The fourth-order valence-corrected chi connectivity index (χ4v) is 4.88. The Hall–Kier alpha value is -2.72. The number of hydrogen-bond donors (Lipinski definition) is 1. The van der Waals surface area contributed by atoms with Gasteiger partial charge >= 0.3 is 0 Å². The third kappa shape index (κ3) is 4.42. The molecule has 3 atom stereocenters. The minimum absolute atomic E-state index is 0.0109. The average molecular weight is 461 g/mol. The van der Waals surface area contributed by atoms with Crippen molar-refractivity contribution < 1.29 is 23.0 Å². The molecule has 1 aliphatic heterocycles. The fraction of sp³-hybridized carbons (Fsp3) is 0.500. The van der Waals surface area contributed by atoms with Crippen LogP contribution in [0.4, 0.5) is 5.82 Å². The fourth-order valence-electron chi connectivity index (χ4n) is 4.37. The Morgan fingerprint density at radius 3 is 2.69 bits per heavy atom. The Morgan fingerprint density at radius 1 is 1.19 bits per heavy atom. The number of nitrogens with zero attached hydrogens (tertiary/aromatic N) is 4. The van der Waals surface area contributed by atoms with Gasteiger partial charge in [0.2, 0.25) is 15.0 Å². The van der Waals surface area contributed by atoms with Gasteiger partial charge in [0, 0.05) is 25.1 Å². The molecule has 172 valence electrons. The first-order valence-electron chi connectivity index (χ1n) is 10.7.